The minimum Gasteiger partial charge on any atom is -0.353 e. The van der Waals surface area contributed by atoms with Crippen LogP contribution in [0.2, 0.25) is 0 Å². The SMILES string of the molecule is CC(C)Cn1ccnc1NC1CC(C)CC(C)C1. The lowest BCUT2D eigenvalue weighted by molar-refractivity contribution is 0.279. The average Bonchev–Trinajstić information content (AvgIpc) is 2.63. The maximum absolute atomic E-state index is 4.47. The van der Waals surface area contributed by atoms with Crippen LogP contribution in [0.4, 0.5) is 5.95 Å². The molecule has 1 saturated carbocycles. The molecule has 0 aromatic carbocycles. The Balaban J connectivity index is 1.98. The van der Waals surface area contributed by atoms with Gasteiger partial charge in [-0.25, -0.2) is 4.98 Å². The van der Waals surface area contributed by atoms with E-state index in [1.807, 2.05) is 6.20 Å². The summed E-state index contributed by atoms with van der Waals surface area (Å²) in [7, 11) is 0. The van der Waals surface area contributed by atoms with Gasteiger partial charge in [0.15, 0.2) is 0 Å². The quantitative estimate of drug-likeness (QED) is 0.880. The highest BCUT2D eigenvalue weighted by atomic mass is 15.2. The summed E-state index contributed by atoms with van der Waals surface area (Å²) >= 11 is 0. The number of anilines is 1. The van der Waals surface area contributed by atoms with Crippen LogP contribution in [0, 0.1) is 17.8 Å². The molecule has 18 heavy (non-hydrogen) atoms. The highest BCUT2D eigenvalue weighted by Crippen LogP contribution is 2.30. The molecule has 0 bridgehead atoms. The summed E-state index contributed by atoms with van der Waals surface area (Å²) in [5.74, 6) is 3.37. The van der Waals surface area contributed by atoms with E-state index >= 15 is 0 Å². The number of aromatic nitrogens is 2. The van der Waals surface area contributed by atoms with Crippen molar-refractivity contribution >= 4 is 5.95 Å². The Kier molecular flexibility index (Phi) is 4.31. The molecule has 2 unspecified atom stereocenters. The van der Waals surface area contributed by atoms with Crippen LogP contribution in [0.3, 0.4) is 0 Å². The van der Waals surface area contributed by atoms with Gasteiger partial charge < -0.3 is 9.88 Å². The molecule has 3 nitrogen and oxygen atoms in total. The first-order valence-corrected chi connectivity index (χ1v) is 7.32. The highest BCUT2D eigenvalue weighted by Gasteiger charge is 2.24. The molecule has 0 spiro atoms. The monoisotopic (exact) mass is 249 g/mol. The summed E-state index contributed by atoms with van der Waals surface area (Å²) in [5, 5.41) is 3.65. The second-order valence-corrected chi connectivity index (χ2v) is 6.56. The summed E-state index contributed by atoms with van der Waals surface area (Å²) in [6.45, 7) is 10.3. The van der Waals surface area contributed by atoms with Crippen molar-refractivity contribution in [3.8, 4) is 0 Å². The van der Waals surface area contributed by atoms with Crippen LogP contribution in [-0.4, -0.2) is 15.6 Å². The molecule has 1 aliphatic carbocycles. The van der Waals surface area contributed by atoms with Gasteiger partial charge >= 0.3 is 0 Å². The normalized spacial score (nSPS) is 28.6. The summed E-state index contributed by atoms with van der Waals surface area (Å²) in [4.78, 5) is 4.47. The van der Waals surface area contributed by atoms with Crippen molar-refractivity contribution < 1.29 is 0 Å². The largest absolute Gasteiger partial charge is 0.353 e. The predicted molar refractivity (Wildman–Crippen MR) is 76.7 cm³/mol. The molecule has 1 N–H and O–H groups in total. The minimum absolute atomic E-state index is 0.595. The van der Waals surface area contributed by atoms with Gasteiger partial charge in [-0.3, -0.25) is 0 Å². The molecule has 2 atom stereocenters. The van der Waals surface area contributed by atoms with Gasteiger partial charge in [0.2, 0.25) is 5.95 Å². The van der Waals surface area contributed by atoms with Gasteiger partial charge in [0, 0.05) is 25.0 Å². The van der Waals surface area contributed by atoms with Gasteiger partial charge in [0.05, 0.1) is 0 Å². The summed E-state index contributed by atoms with van der Waals surface area (Å²) in [6.07, 6.45) is 7.91. The van der Waals surface area contributed by atoms with Crippen LogP contribution in [0.1, 0.15) is 47.0 Å². The zero-order valence-electron chi connectivity index (χ0n) is 12.2. The van der Waals surface area contributed by atoms with Crippen LogP contribution in [-0.2, 0) is 6.54 Å². The van der Waals surface area contributed by atoms with Crippen molar-refractivity contribution in [3.05, 3.63) is 12.4 Å². The van der Waals surface area contributed by atoms with E-state index in [0.717, 1.165) is 24.3 Å². The maximum Gasteiger partial charge on any atom is 0.202 e. The van der Waals surface area contributed by atoms with Crippen LogP contribution in [0.15, 0.2) is 12.4 Å². The molecule has 1 fully saturated rings. The third kappa shape index (κ3) is 3.50. The molecular weight excluding hydrogens is 222 g/mol. The van der Waals surface area contributed by atoms with Crippen molar-refractivity contribution in [2.75, 3.05) is 5.32 Å². The van der Waals surface area contributed by atoms with E-state index in [0.29, 0.717) is 12.0 Å². The van der Waals surface area contributed by atoms with Crippen molar-refractivity contribution in [2.45, 2.75) is 59.5 Å². The lowest BCUT2D eigenvalue weighted by atomic mass is 9.80. The second kappa shape index (κ2) is 5.77. The lowest BCUT2D eigenvalue weighted by Crippen LogP contribution is -2.31. The van der Waals surface area contributed by atoms with Gasteiger partial charge in [-0.1, -0.05) is 27.7 Å². The Morgan fingerprint density at radius 2 is 1.94 bits per heavy atom. The van der Waals surface area contributed by atoms with Gasteiger partial charge in [0.25, 0.3) is 0 Å². The zero-order chi connectivity index (χ0) is 13.1. The number of imidazole rings is 1. The average molecular weight is 249 g/mol. The fraction of sp³-hybridized carbons (Fsp3) is 0.800. The Morgan fingerprint density at radius 3 is 2.56 bits per heavy atom. The fourth-order valence-corrected chi connectivity index (χ4v) is 3.24. The number of hydrogen-bond acceptors (Lipinski definition) is 2. The Hall–Kier alpha value is -0.990. The Bertz CT molecular complexity index is 360. The van der Waals surface area contributed by atoms with E-state index in [1.165, 1.54) is 19.3 Å². The Labute approximate surface area is 111 Å². The molecule has 0 radical (unpaired) electrons. The van der Waals surface area contributed by atoms with Gasteiger partial charge in [0.1, 0.15) is 0 Å². The molecule has 1 heterocycles. The van der Waals surface area contributed by atoms with Crippen molar-refractivity contribution in [3.63, 3.8) is 0 Å². The lowest BCUT2D eigenvalue weighted by Gasteiger charge is -2.32. The van der Waals surface area contributed by atoms with Crippen molar-refractivity contribution in [1.82, 2.24) is 9.55 Å². The first-order chi connectivity index (χ1) is 8.54. The molecular formula is C15H27N3. The maximum atomic E-state index is 4.47. The first-order valence-electron chi connectivity index (χ1n) is 7.32. The Morgan fingerprint density at radius 1 is 1.28 bits per heavy atom. The second-order valence-electron chi connectivity index (χ2n) is 6.56. The van der Waals surface area contributed by atoms with E-state index in [-0.39, 0.29) is 0 Å². The topological polar surface area (TPSA) is 29.9 Å². The van der Waals surface area contributed by atoms with Gasteiger partial charge in [-0.2, -0.15) is 0 Å². The molecule has 2 rings (SSSR count). The minimum atomic E-state index is 0.595. The standard InChI is InChI=1S/C15H27N3/c1-11(2)10-18-6-5-16-15(18)17-14-8-12(3)7-13(4)9-14/h5-6,11-14H,7-10H2,1-4H3,(H,16,17). The third-order valence-corrected chi connectivity index (χ3v) is 3.79. The number of hydrogen-bond donors (Lipinski definition) is 1. The highest BCUT2D eigenvalue weighted by molar-refractivity contribution is 5.28. The first kappa shape index (κ1) is 13.4. The van der Waals surface area contributed by atoms with Gasteiger partial charge in [-0.05, 0) is 37.0 Å². The van der Waals surface area contributed by atoms with Crippen LogP contribution >= 0.6 is 0 Å². The smallest absolute Gasteiger partial charge is 0.202 e. The van der Waals surface area contributed by atoms with E-state index < -0.39 is 0 Å². The molecule has 0 aliphatic heterocycles. The fourth-order valence-electron chi connectivity index (χ4n) is 3.24. The zero-order valence-corrected chi connectivity index (χ0v) is 12.2. The summed E-state index contributed by atoms with van der Waals surface area (Å²) in [5.41, 5.74) is 0. The van der Waals surface area contributed by atoms with Crippen molar-refractivity contribution in [1.29, 1.82) is 0 Å². The summed E-state index contributed by atoms with van der Waals surface area (Å²) < 4.78 is 2.24. The number of rotatable bonds is 4. The van der Waals surface area contributed by atoms with Crippen molar-refractivity contribution in [2.24, 2.45) is 17.8 Å². The molecule has 1 aliphatic rings. The van der Waals surface area contributed by atoms with E-state index in [1.54, 1.807) is 0 Å². The van der Waals surface area contributed by atoms with E-state index in [2.05, 4.69) is 48.8 Å². The summed E-state index contributed by atoms with van der Waals surface area (Å²) in [6, 6.07) is 0.595. The van der Waals surface area contributed by atoms with Crippen LogP contribution in [0.25, 0.3) is 0 Å². The van der Waals surface area contributed by atoms with E-state index in [4.69, 9.17) is 0 Å². The van der Waals surface area contributed by atoms with Gasteiger partial charge in [-0.15, -0.1) is 0 Å². The van der Waals surface area contributed by atoms with E-state index in [9.17, 15) is 0 Å². The van der Waals surface area contributed by atoms with Crippen LogP contribution < -0.4 is 5.32 Å². The predicted octanol–water partition coefficient (Wildman–Crippen LogP) is 3.78. The molecule has 1 aromatic heterocycles. The number of nitrogens with zero attached hydrogens (tertiary/aromatic N) is 2. The molecule has 0 saturated heterocycles. The molecule has 1 aromatic rings. The molecule has 3 heteroatoms. The van der Waals surface area contributed by atoms with Crippen LogP contribution in [0.5, 0.6) is 0 Å². The molecule has 0 amide bonds. The number of nitrogens with one attached hydrogen (secondary N) is 1. The molecule has 102 valence electrons. The third-order valence-electron chi connectivity index (χ3n) is 3.79.